The number of benzene rings is 1. The van der Waals surface area contributed by atoms with E-state index in [-0.39, 0.29) is 29.0 Å². The molecule has 2 amide bonds. The third kappa shape index (κ3) is 5.37. The van der Waals surface area contributed by atoms with Gasteiger partial charge in [-0.25, -0.2) is 0 Å². The molecule has 7 nitrogen and oxygen atoms in total. The van der Waals surface area contributed by atoms with E-state index in [9.17, 15) is 9.59 Å². The van der Waals surface area contributed by atoms with Crippen molar-refractivity contribution < 1.29 is 14.3 Å². The van der Waals surface area contributed by atoms with Crippen LogP contribution in [0.3, 0.4) is 0 Å². The third-order valence-electron chi connectivity index (χ3n) is 10.4. The Labute approximate surface area is 238 Å². The molecule has 1 aromatic rings. The summed E-state index contributed by atoms with van der Waals surface area (Å²) in [6.45, 7) is 2.18. The first-order valence-electron chi connectivity index (χ1n) is 15.4. The van der Waals surface area contributed by atoms with Crippen molar-refractivity contribution in [3.05, 3.63) is 35.4 Å². The Morgan fingerprint density at radius 3 is 2.15 bits per heavy atom. The molecule has 3 N–H and O–H groups in total. The zero-order valence-corrected chi connectivity index (χ0v) is 24.0. The van der Waals surface area contributed by atoms with Gasteiger partial charge < -0.3 is 20.3 Å². The van der Waals surface area contributed by atoms with Gasteiger partial charge in [-0.05, 0) is 75.0 Å². The monoisotopic (exact) mass is 556 g/mol. The van der Waals surface area contributed by atoms with E-state index in [0.717, 1.165) is 44.1 Å². The summed E-state index contributed by atoms with van der Waals surface area (Å²) in [6, 6.07) is 8.27. The van der Waals surface area contributed by atoms with Crippen LogP contribution >= 0.6 is 11.6 Å². The van der Waals surface area contributed by atoms with Crippen LogP contribution < -0.4 is 11.1 Å². The number of piperazine rings is 1. The number of halogens is 1. The van der Waals surface area contributed by atoms with Gasteiger partial charge in [0.25, 0.3) is 5.91 Å². The molecule has 214 valence electrons. The van der Waals surface area contributed by atoms with Crippen LogP contribution in [-0.2, 0) is 9.53 Å². The largest absolute Gasteiger partial charge is 0.351 e. The lowest BCUT2D eigenvalue weighted by atomic mass is 9.68. The maximum absolute atomic E-state index is 13.3. The molecular weight excluding hydrogens is 512 g/mol. The summed E-state index contributed by atoms with van der Waals surface area (Å²) >= 11 is 6.77. The number of nitrogens with one attached hydrogen (secondary N) is 1. The minimum Gasteiger partial charge on any atom is -0.351 e. The van der Waals surface area contributed by atoms with E-state index in [1.807, 2.05) is 34.1 Å². The number of nitrogens with two attached hydrogens (primary N) is 1. The SMILES string of the molecule is NC1(C(=O)N2CCN(C(=O)c3ccc(C4NC5CCC(Cl)CC5(C5CCCCCCC5)O4)cc3)CC2)CCC1. The standard InChI is InChI=1S/C31H45ClN4O3/c32-25-13-14-26-31(21-25,24-7-4-2-1-3-5-8-24)39-27(34-26)22-9-11-23(12-10-22)28(37)35-17-19-36(20-18-35)29(38)30(33)15-6-16-30/h9-12,24-27,34H,1-8,13-21,33H2. The van der Waals surface area contributed by atoms with Crippen LogP contribution in [0.4, 0.5) is 0 Å². The Balaban J connectivity index is 1.10. The van der Waals surface area contributed by atoms with Crippen molar-refractivity contribution in [2.75, 3.05) is 26.2 Å². The van der Waals surface area contributed by atoms with Gasteiger partial charge in [0.2, 0.25) is 5.91 Å². The minimum atomic E-state index is -0.672. The molecule has 5 aliphatic rings. The minimum absolute atomic E-state index is 0.0182. The molecule has 0 aromatic heterocycles. The second-order valence-electron chi connectivity index (χ2n) is 12.8. The maximum Gasteiger partial charge on any atom is 0.253 e. The summed E-state index contributed by atoms with van der Waals surface area (Å²) in [7, 11) is 0. The lowest BCUT2D eigenvalue weighted by molar-refractivity contribution is -0.141. The van der Waals surface area contributed by atoms with Crippen LogP contribution in [0.5, 0.6) is 0 Å². The highest BCUT2D eigenvalue weighted by Gasteiger charge is 2.55. The average Bonchev–Trinajstić information content (AvgIpc) is 3.30. The van der Waals surface area contributed by atoms with E-state index < -0.39 is 5.54 Å². The van der Waals surface area contributed by atoms with E-state index in [1.165, 1.54) is 44.9 Å². The van der Waals surface area contributed by atoms with Gasteiger partial charge in [-0.15, -0.1) is 11.6 Å². The van der Waals surface area contributed by atoms with Gasteiger partial charge in [0.05, 0.1) is 11.1 Å². The molecule has 39 heavy (non-hydrogen) atoms. The quantitative estimate of drug-likeness (QED) is 0.523. The number of ether oxygens (including phenoxy) is 1. The van der Waals surface area contributed by atoms with E-state index in [1.54, 1.807) is 0 Å². The molecule has 8 heteroatoms. The number of fused-ring (bicyclic) bond motifs is 1. The first-order valence-corrected chi connectivity index (χ1v) is 15.9. The summed E-state index contributed by atoms with van der Waals surface area (Å²) in [5.41, 5.74) is 7.13. The highest BCUT2D eigenvalue weighted by molar-refractivity contribution is 6.20. The lowest BCUT2D eigenvalue weighted by Crippen LogP contribution is -2.62. The van der Waals surface area contributed by atoms with Crippen molar-refractivity contribution >= 4 is 23.4 Å². The van der Waals surface area contributed by atoms with Crippen LogP contribution in [0.25, 0.3) is 0 Å². The van der Waals surface area contributed by atoms with Gasteiger partial charge >= 0.3 is 0 Å². The summed E-state index contributed by atoms with van der Waals surface area (Å²) in [4.78, 5) is 29.7. The lowest BCUT2D eigenvalue weighted by Gasteiger charge is -2.46. The van der Waals surface area contributed by atoms with Crippen LogP contribution in [0.2, 0.25) is 0 Å². The van der Waals surface area contributed by atoms with E-state index in [2.05, 4.69) is 5.32 Å². The van der Waals surface area contributed by atoms with Gasteiger partial charge in [-0.2, -0.15) is 0 Å². The molecule has 0 bridgehead atoms. The smallest absolute Gasteiger partial charge is 0.253 e. The number of carbonyl (C=O) groups is 2. The Morgan fingerprint density at radius 1 is 0.872 bits per heavy atom. The predicted molar refractivity (Wildman–Crippen MR) is 152 cm³/mol. The van der Waals surface area contributed by atoms with Gasteiger partial charge in [0, 0.05) is 43.2 Å². The molecule has 0 radical (unpaired) electrons. The molecule has 2 aliphatic heterocycles. The van der Waals surface area contributed by atoms with Crippen LogP contribution in [0, 0.1) is 5.92 Å². The zero-order chi connectivity index (χ0) is 27.0. The number of hydrogen-bond donors (Lipinski definition) is 2. The topological polar surface area (TPSA) is 87.9 Å². The molecule has 0 spiro atoms. The van der Waals surface area contributed by atoms with Crippen molar-refractivity contribution in [3.63, 3.8) is 0 Å². The van der Waals surface area contributed by atoms with Gasteiger partial charge in [-0.3, -0.25) is 14.9 Å². The van der Waals surface area contributed by atoms with Crippen molar-refractivity contribution in [2.24, 2.45) is 11.7 Å². The number of carbonyl (C=O) groups excluding carboxylic acids is 2. The highest BCUT2D eigenvalue weighted by atomic mass is 35.5. The van der Waals surface area contributed by atoms with Crippen LogP contribution in [0.1, 0.15) is 106 Å². The number of hydrogen-bond acceptors (Lipinski definition) is 5. The maximum atomic E-state index is 13.3. The fourth-order valence-corrected chi connectivity index (χ4v) is 8.18. The molecule has 4 unspecified atom stereocenters. The van der Waals surface area contributed by atoms with Crippen molar-refractivity contribution in [1.82, 2.24) is 15.1 Å². The number of amides is 2. The molecule has 4 atom stereocenters. The Hall–Kier alpha value is -1.67. The molecule has 6 rings (SSSR count). The van der Waals surface area contributed by atoms with Gasteiger partial charge in [-0.1, -0.05) is 44.2 Å². The second kappa shape index (κ2) is 11.3. The Morgan fingerprint density at radius 2 is 1.51 bits per heavy atom. The Kier molecular flexibility index (Phi) is 7.97. The molecule has 1 aromatic carbocycles. The molecule has 3 aliphatic carbocycles. The summed E-state index contributed by atoms with van der Waals surface area (Å²) in [5, 5.41) is 4.00. The van der Waals surface area contributed by atoms with Gasteiger partial charge in [0.15, 0.2) is 0 Å². The van der Waals surface area contributed by atoms with E-state index in [0.29, 0.717) is 43.7 Å². The van der Waals surface area contributed by atoms with E-state index in [4.69, 9.17) is 22.1 Å². The van der Waals surface area contributed by atoms with E-state index >= 15 is 0 Å². The third-order valence-corrected chi connectivity index (χ3v) is 10.7. The fourth-order valence-electron chi connectivity index (χ4n) is 7.81. The van der Waals surface area contributed by atoms with Gasteiger partial charge in [0.1, 0.15) is 6.23 Å². The van der Waals surface area contributed by atoms with Crippen LogP contribution in [0.15, 0.2) is 24.3 Å². The zero-order valence-electron chi connectivity index (χ0n) is 23.2. The van der Waals surface area contributed by atoms with Crippen LogP contribution in [-0.4, -0.2) is 70.4 Å². The Bertz CT molecular complexity index is 1030. The molecule has 5 fully saturated rings. The average molecular weight is 557 g/mol. The molecule has 2 saturated heterocycles. The fraction of sp³-hybridized carbons (Fsp3) is 0.742. The molecule has 2 heterocycles. The highest BCUT2D eigenvalue weighted by Crippen LogP contribution is 2.50. The first kappa shape index (κ1) is 27.5. The molecular formula is C31H45ClN4O3. The second-order valence-corrected chi connectivity index (χ2v) is 13.4. The predicted octanol–water partition coefficient (Wildman–Crippen LogP) is 4.73. The normalized spacial score (nSPS) is 33.5. The first-order chi connectivity index (χ1) is 18.9. The number of rotatable bonds is 4. The number of nitrogens with zero attached hydrogens (tertiary/aromatic N) is 2. The molecule has 3 saturated carbocycles. The van der Waals surface area contributed by atoms with Crippen molar-refractivity contribution in [1.29, 1.82) is 0 Å². The summed E-state index contributed by atoms with van der Waals surface area (Å²) in [5.74, 6) is 0.615. The van der Waals surface area contributed by atoms with Crippen molar-refractivity contribution in [3.8, 4) is 0 Å². The summed E-state index contributed by atoms with van der Waals surface area (Å²) < 4.78 is 7.00. The van der Waals surface area contributed by atoms with Crippen molar-refractivity contribution in [2.45, 2.75) is 112 Å². The summed E-state index contributed by atoms with van der Waals surface area (Å²) in [6.07, 6.45) is 14.4. The number of alkyl halides is 1.